The lowest BCUT2D eigenvalue weighted by atomic mass is 10.1. The third-order valence-electron chi connectivity index (χ3n) is 2.93. The van der Waals surface area contributed by atoms with E-state index in [1.807, 2.05) is 11.4 Å². The summed E-state index contributed by atoms with van der Waals surface area (Å²) in [5, 5.41) is 5.97. The van der Waals surface area contributed by atoms with Gasteiger partial charge in [0.2, 0.25) is 0 Å². The number of hydrogen-bond acceptors (Lipinski definition) is 5. The second-order valence-electron chi connectivity index (χ2n) is 4.28. The number of piperidine rings is 1. The molecule has 1 N–H and O–H groups in total. The molecule has 1 aliphatic heterocycles. The number of nitrogens with zero attached hydrogens (tertiary/aromatic N) is 2. The van der Waals surface area contributed by atoms with E-state index in [9.17, 15) is 9.59 Å². The highest BCUT2D eigenvalue weighted by molar-refractivity contribution is 7.12. The fourth-order valence-electron chi connectivity index (χ4n) is 1.87. The molecule has 0 unspecified atom stereocenters. The molecule has 20 heavy (non-hydrogen) atoms. The van der Waals surface area contributed by atoms with Gasteiger partial charge in [0.25, 0.3) is 5.91 Å². The maximum atomic E-state index is 11.7. The largest absolute Gasteiger partial charge is 0.450 e. The third-order valence-corrected chi connectivity index (χ3v) is 3.80. The fraction of sp³-hybridized carbons (Fsp3) is 0.462. The molecule has 0 aliphatic carbocycles. The maximum absolute atomic E-state index is 11.7. The Balaban J connectivity index is 1.80. The lowest BCUT2D eigenvalue weighted by molar-refractivity contribution is 0.0955. The van der Waals surface area contributed by atoms with E-state index in [1.54, 1.807) is 17.9 Å². The van der Waals surface area contributed by atoms with E-state index in [4.69, 9.17) is 4.74 Å². The predicted octanol–water partition coefficient (Wildman–Crippen LogP) is 2.09. The summed E-state index contributed by atoms with van der Waals surface area (Å²) in [6, 6.07) is 3.58. The van der Waals surface area contributed by atoms with E-state index in [-0.39, 0.29) is 12.0 Å². The highest BCUT2D eigenvalue weighted by Gasteiger charge is 2.20. The summed E-state index contributed by atoms with van der Waals surface area (Å²) in [6.45, 7) is 3.32. The van der Waals surface area contributed by atoms with Crippen molar-refractivity contribution in [3.63, 3.8) is 0 Å². The zero-order valence-electron chi connectivity index (χ0n) is 11.3. The minimum Gasteiger partial charge on any atom is -0.450 e. The van der Waals surface area contributed by atoms with Crippen LogP contribution >= 0.6 is 11.3 Å². The standard InChI is InChI=1S/C13H17N3O3S/c1-2-19-13(18)16-7-5-10(6-8-16)14-15-12(17)11-4-3-9-20-11/h3-4,9H,2,5-8H2,1H3,(H,15,17). The maximum Gasteiger partial charge on any atom is 0.409 e. The molecule has 108 valence electrons. The Morgan fingerprint density at radius 1 is 1.45 bits per heavy atom. The summed E-state index contributed by atoms with van der Waals surface area (Å²) in [6.07, 6.45) is 1.03. The molecular weight excluding hydrogens is 278 g/mol. The molecule has 1 aromatic rings. The summed E-state index contributed by atoms with van der Waals surface area (Å²) in [4.78, 5) is 25.5. The first-order valence-corrected chi connectivity index (χ1v) is 7.39. The lowest BCUT2D eigenvalue weighted by Crippen LogP contribution is -2.39. The molecule has 6 nitrogen and oxygen atoms in total. The van der Waals surface area contributed by atoms with Gasteiger partial charge in [0.1, 0.15) is 0 Å². The number of hydrogen-bond donors (Lipinski definition) is 1. The molecule has 1 aromatic heterocycles. The number of hydrazone groups is 1. The molecule has 1 fully saturated rings. The number of carbonyl (C=O) groups is 2. The molecule has 2 rings (SSSR count). The van der Waals surface area contributed by atoms with Gasteiger partial charge in [-0.15, -0.1) is 11.3 Å². The van der Waals surface area contributed by atoms with Gasteiger partial charge >= 0.3 is 6.09 Å². The van der Waals surface area contributed by atoms with Crippen LogP contribution in [-0.4, -0.2) is 42.3 Å². The van der Waals surface area contributed by atoms with Crippen molar-refractivity contribution in [1.82, 2.24) is 10.3 Å². The zero-order chi connectivity index (χ0) is 14.4. The molecule has 1 saturated heterocycles. The van der Waals surface area contributed by atoms with Crippen LogP contribution in [0.3, 0.4) is 0 Å². The van der Waals surface area contributed by atoms with E-state index in [1.165, 1.54) is 11.3 Å². The Bertz CT molecular complexity index is 489. The van der Waals surface area contributed by atoms with E-state index in [2.05, 4.69) is 10.5 Å². The van der Waals surface area contributed by atoms with Crippen LogP contribution in [0, 0.1) is 0 Å². The summed E-state index contributed by atoms with van der Waals surface area (Å²) in [5.41, 5.74) is 3.45. The van der Waals surface area contributed by atoms with Crippen molar-refractivity contribution in [2.24, 2.45) is 5.10 Å². The van der Waals surface area contributed by atoms with Crippen LogP contribution in [0.15, 0.2) is 22.6 Å². The average Bonchev–Trinajstić information content (AvgIpc) is 3.00. The number of rotatable bonds is 3. The van der Waals surface area contributed by atoms with Gasteiger partial charge in [0.05, 0.1) is 11.5 Å². The summed E-state index contributed by atoms with van der Waals surface area (Å²) in [7, 11) is 0. The number of likely N-dealkylation sites (tertiary alicyclic amines) is 1. The number of amides is 2. The van der Waals surface area contributed by atoms with Gasteiger partial charge < -0.3 is 9.64 Å². The number of carbonyl (C=O) groups excluding carboxylic acids is 2. The van der Waals surface area contributed by atoms with Crippen molar-refractivity contribution in [1.29, 1.82) is 0 Å². The van der Waals surface area contributed by atoms with Crippen molar-refractivity contribution >= 4 is 29.0 Å². The molecule has 2 heterocycles. The smallest absolute Gasteiger partial charge is 0.409 e. The Morgan fingerprint density at radius 2 is 2.20 bits per heavy atom. The van der Waals surface area contributed by atoms with Crippen molar-refractivity contribution in [2.45, 2.75) is 19.8 Å². The Hall–Kier alpha value is -1.89. The highest BCUT2D eigenvalue weighted by Crippen LogP contribution is 2.10. The lowest BCUT2D eigenvalue weighted by Gasteiger charge is -2.26. The molecule has 0 aromatic carbocycles. The Morgan fingerprint density at radius 3 is 2.80 bits per heavy atom. The van der Waals surface area contributed by atoms with Gasteiger partial charge in [-0.05, 0) is 18.4 Å². The molecule has 0 spiro atoms. The SMILES string of the molecule is CCOC(=O)N1CCC(=NNC(=O)c2cccs2)CC1. The highest BCUT2D eigenvalue weighted by atomic mass is 32.1. The summed E-state index contributed by atoms with van der Waals surface area (Å²) < 4.78 is 4.94. The fourth-order valence-corrected chi connectivity index (χ4v) is 2.48. The van der Waals surface area contributed by atoms with Gasteiger partial charge in [0.15, 0.2) is 0 Å². The summed E-state index contributed by atoms with van der Waals surface area (Å²) in [5.74, 6) is -0.194. The predicted molar refractivity (Wildman–Crippen MR) is 77.0 cm³/mol. The van der Waals surface area contributed by atoms with E-state index in [0.29, 0.717) is 37.4 Å². The van der Waals surface area contributed by atoms with Gasteiger partial charge in [-0.25, -0.2) is 10.2 Å². The first-order chi connectivity index (χ1) is 9.70. The first kappa shape index (κ1) is 14.5. The van der Waals surface area contributed by atoms with Gasteiger partial charge in [0, 0.05) is 31.6 Å². The van der Waals surface area contributed by atoms with Crippen LogP contribution in [0.4, 0.5) is 4.79 Å². The number of thiophene rings is 1. The Labute approximate surface area is 121 Å². The second kappa shape index (κ2) is 7.04. The van der Waals surface area contributed by atoms with Crippen LogP contribution < -0.4 is 5.43 Å². The third kappa shape index (κ3) is 3.80. The van der Waals surface area contributed by atoms with Crippen LogP contribution in [0.2, 0.25) is 0 Å². The molecular formula is C13H17N3O3S. The Kier molecular flexibility index (Phi) is 5.11. The number of nitrogens with one attached hydrogen (secondary N) is 1. The zero-order valence-corrected chi connectivity index (χ0v) is 12.1. The monoisotopic (exact) mass is 295 g/mol. The molecule has 0 radical (unpaired) electrons. The minimum absolute atomic E-state index is 0.194. The molecule has 1 aliphatic rings. The molecule has 0 bridgehead atoms. The average molecular weight is 295 g/mol. The van der Waals surface area contributed by atoms with Crippen LogP contribution in [0.25, 0.3) is 0 Å². The van der Waals surface area contributed by atoms with E-state index < -0.39 is 0 Å². The normalized spacial score (nSPS) is 14.8. The van der Waals surface area contributed by atoms with Crippen LogP contribution in [0.1, 0.15) is 29.4 Å². The van der Waals surface area contributed by atoms with Crippen molar-refractivity contribution in [3.05, 3.63) is 22.4 Å². The van der Waals surface area contributed by atoms with Crippen molar-refractivity contribution < 1.29 is 14.3 Å². The van der Waals surface area contributed by atoms with Gasteiger partial charge in [-0.1, -0.05) is 6.07 Å². The number of ether oxygens (including phenoxy) is 1. The quantitative estimate of drug-likeness (QED) is 0.868. The van der Waals surface area contributed by atoms with Crippen molar-refractivity contribution in [3.8, 4) is 0 Å². The second-order valence-corrected chi connectivity index (χ2v) is 5.23. The first-order valence-electron chi connectivity index (χ1n) is 6.51. The molecule has 0 atom stereocenters. The van der Waals surface area contributed by atoms with E-state index >= 15 is 0 Å². The van der Waals surface area contributed by atoms with E-state index in [0.717, 1.165) is 5.71 Å². The summed E-state index contributed by atoms with van der Waals surface area (Å²) >= 11 is 1.38. The van der Waals surface area contributed by atoms with Gasteiger partial charge in [-0.2, -0.15) is 5.10 Å². The van der Waals surface area contributed by atoms with Gasteiger partial charge in [-0.3, -0.25) is 4.79 Å². The van der Waals surface area contributed by atoms with Crippen LogP contribution in [-0.2, 0) is 4.74 Å². The minimum atomic E-state index is -0.283. The van der Waals surface area contributed by atoms with Crippen LogP contribution in [0.5, 0.6) is 0 Å². The molecule has 2 amide bonds. The topological polar surface area (TPSA) is 71.0 Å². The van der Waals surface area contributed by atoms with Crippen molar-refractivity contribution in [2.75, 3.05) is 19.7 Å². The molecule has 7 heteroatoms. The molecule has 0 saturated carbocycles.